The number of piperidine rings is 1. The molecule has 3 aromatic heterocycles. The van der Waals surface area contributed by atoms with E-state index in [1.54, 1.807) is 42.4 Å². The SMILES string of the molecule is Cc1ccc(-c2ncccn2)c(C(=O)N2CCCC(=Nc3ccc(C(F)(F)F)cn3)[C@@H]2C)n1. The molecule has 4 heterocycles. The Morgan fingerprint density at radius 2 is 1.88 bits per heavy atom. The maximum atomic E-state index is 13.5. The summed E-state index contributed by atoms with van der Waals surface area (Å²) in [7, 11) is 0. The van der Waals surface area contributed by atoms with Crippen molar-refractivity contribution in [3.05, 3.63) is 65.9 Å². The van der Waals surface area contributed by atoms with Gasteiger partial charge in [0.2, 0.25) is 0 Å². The first kappa shape index (κ1) is 22.5. The average Bonchev–Trinajstić information content (AvgIpc) is 2.80. The second-order valence-electron chi connectivity index (χ2n) is 7.71. The van der Waals surface area contributed by atoms with Gasteiger partial charge in [-0.15, -0.1) is 0 Å². The van der Waals surface area contributed by atoms with Gasteiger partial charge in [0.05, 0.1) is 17.2 Å². The minimum absolute atomic E-state index is 0.172. The van der Waals surface area contributed by atoms with Crippen LogP contribution in [0.25, 0.3) is 11.4 Å². The van der Waals surface area contributed by atoms with E-state index < -0.39 is 11.7 Å². The molecule has 1 aliphatic heterocycles. The normalized spacial score (nSPS) is 17.9. The van der Waals surface area contributed by atoms with E-state index in [2.05, 4.69) is 24.9 Å². The summed E-state index contributed by atoms with van der Waals surface area (Å²) >= 11 is 0. The Morgan fingerprint density at radius 1 is 1.12 bits per heavy atom. The lowest BCUT2D eigenvalue weighted by Gasteiger charge is -2.34. The molecule has 4 rings (SSSR count). The van der Waals surface area contributed by atoms with Crippen LogP contribution in [-0.4, -0.2) is 49.0 Å². The number of hydrogen-bond acceptors (Lipinski definition) is 6. The number of nitrogens with zero attached hydrogens (tertiary/aromatic N) is 6. The van der Waals surface area contributed by atoms with Gasteiger partial charge in [0.25, 0.3) is 5.91 Å². The van der Waals surface area contributed by atoms with Gasteiger partial charge in [-0.3, -0.25) is 4.79 Å². The molecule has 0 N–H and O–H groups in total. The molecule has 0 unspecified atom stereocenters. The molecule has 0 aliphatic carbocycles. The molecule has 10 heteroatoms. The third-order valence-electron chi connectivity index (χ3n) is 5.42. The first-order chi connectivity index (χ1) is 15.7. The monoisotopic (exact) mass is 454 g/mol. The summed E-state index contributed by atoms with van der Waals surface area (Å²) in [6, 6.07) is 7.08. The molecule has 7 nitrogen and oxygen atoms in total. The first-order valence-electron chi connectivity index (χ1n) is 10.4. The predicted octanol–water partition coefficient (Wildman–Crippen LogP) is 4.66. The molecule has 1 fully saturated rings. The summed E-state index contributed by atoms with van der Waals surface area (Å²) in [6.45, 7) is 4.15. The number of aromatic nitrogens is 4. The lowest BCUT2D eigenvalue weighted by Crippen LogP contribution is -2.47. The third kappa shape index (κ3) is 4.89. The summed E-state index contributed by atoms with van der Waals surface area (Å²) in [5, 5.41) is 0. The molecule has 0 saturated carbocycles. The van der Waals surface area contributed by atoms with Gasteiger partial charge in [-0.05, 0) is 57.0 Å². The van der Waals surface area contributed by atoms with Crippen molar-refractivity contribution < 1.29 is 18.0 Å². The van der Waals surface area contributed by atoms with Crippen LogP contribution in [0.2, 0.25) is 0 Å². The maximum absolute atomic E-state index is 13.5. The fourth-order valence-electron chi connectivity index (χ4n) is 3.68. The number of amides is 1. The van der Waals surface area contributed by atoms with E-state index >= 15 is 0 Å². The quantitative estimate of drug-likeness (QED) is 0.575. The number of carbonyl (C=O) groups is 1. The van der Waals surface area contributed by atoms with Crippen LogP contribution in [-0.2, 0) is 6.18 Å². The molecule has 1 amide bonds. The molecule has 0 radical (unpaired) electrons. The Balaban J connectivity index is 1.62. The highest BCUT2D eigenvalue weighted by Crippen LogP contribution is 2.30. The molecule has 3 aromatic rings. The van der Waals surface area contributed by atoms with Gasteiger partial charge in [-0.1, -0.05) is 0 Å². The standard InChI is InChI=1S/C23H21F3N6O/c1-14-6-8-17(21-27-10-4-11-28-21)20(30-14)22(33)32-12-3-5-18(15(32)2)31-19-9-7-16(13-29-19)23(24,25)26/h4,6-11,13,15H,3,5,12H2,1-2H3/t15-/m0/s1. The van der Waals surface area contributed by atoms with Gasteiger partial charge >= 0.3 is 6.18 Å². The van der Waals surface area contributed by atoms with Crippen molar-refractivity contribution in [2.24, 2.45) is 4.99 Å². The zero-order valence-electron chi connectivity index (χ0n) is 18.0. The van der Waals surface area contributed by atoms with Crippen molar-refractivity contribution in [3.8, 4) is 11.4 Å². The minimum atomic E-state index is -4.46. The molecule has 170 valence electrons. The van der Waals surface area contributed by atoms with Gasteiger partial charge in [-0.2, -0.15) is 13.2 Å². The van der Waals surface area contributed by atoms with Gasteiger partial charge in [0.1, 0.15) is 5.69 Å². The number of halogens is 3. The van der Waals surface area contributed by atoms with E-state index in [1.807, 2.05) is 6.92 Å². The Morgan fingerprint density at radius 3 is 2.55 bits per heavy atom. The number of pyridine rings is 2. The van der Waals surface area contributed by atoms with E-state index in [-0.39, 0.29) is 23.5 Å². The molecule has 0 aromatic carbocycles. The number of carbonyl (C=O) groups excluding carboxylic acids is 1. The molecule has 1 saturated heterocycles. The second-order valence-corrected chi connectivity index (χ2v) is 7.71. The number of rotatable bonds is 3. The van der Waals surface area contributed by atoms with Crippen LogP contribution in [0.4, 0.5) is 19.0 Å². The van der Waals surface area contributed by atoms with E-state index in [9.17, 15) is 18.0 Å². The van der Waals surface area contributed by atoms with Crippen LogP contribution in [0.3, 0.4) is 0 Å². The van der Waals surface area contributed by atoms with Gasteiger partial charge < -0.3 is 4.90 Å². The zero-order valence-corrected chi connectivity index (χ0v) is 18.0. The van der Waals surface area contributed by atoms with E-state index in [4.69, 9.17) is 0 Å². The van der Waals surface area contributed by atoms with Crippen LogP contribution in [0, 0.1) is 6.92 Å². The summed E-state index contributed by atoms with van der Waals surface area (Å²) in [6.07, 6.45) is 0.783. The van der Waals surface area contributed by atoms with E-state index in [1.165, 1.54) is 6.07 Å². The van der Waals surface area contributed by atoms with Crippen LogP contribution >= 0.6 is 0 Å². The summed E-state index contributed by atoms with van der Waals surface area (Å²) in [4.78, 5) is 36.4. The Hall–Kier alpha value is -3.69. The van der Waals surface area contributed by atoms with Crippen molar-refractivity contribution in [1.29, 1.82) is 0 Å². The minimum Gasteiger partial charge on any atom is -0.329 e. The van der Waals surface area contributed by atoms with Gasteiger partial charge in [0, 0.05) is 36.5 Å². The van der Waals surface area contributed by atoms with E-state index in [0.29, 0.717) is 42.2 Å². The third-order valence-corrected chi connectivity index (χ3v) is 5.42. The molecular weight excluding hydrogens is 433 g/mol. The highest BCUT2D eigenvalue weighted by atomic mass is 19.4. The summed E-state index contributed by atoms with van der Waals surface area (Å²) in [5.41, 5.74) is 1.31. The topological polar surface area (TPSA) is 84.2 Å². The summed E-state index contributed by atoms with van der Waals surface area (Å²) in [5.74, 6) is 0.300. The largest absolute Gasteiger partial charge is 0.417 e. The van der Waals surface area contributed by atoms with Gasteiger partial charge in [-0.25, -0.2) is 24.9 Å². The van der Waals surface area contributed by atoms with Crippen molar-refractivity contribution in [2.75, 3.05) is 6.54 Å². The van der Waals surface area contributed by atoms with Crippen molar-refractivity contribution in [2.45, 2.75) is 38.9 Å². The predicted molar refractivity (Wildman–Crippen MR) is 116 cm³/mol. The lowest BCUT2D eigenvalue weighted by atomic mass is 9.99. The smallest absolute Gasteiger partial charge is 0.329 e. The van der Waals surface area contributed by atoms with Crippen LogP contribution in [0.15, 0.2) is 53.9 Å². The molecule has 1 atom stereocenters. The summed E-state index contributed by atoms with van der Waals surface area (Å²) < 4.78 is 38.4. The number of likely N-dealkylation sites (tertiary alicyclic amines) is 1. The van der Waals surface area contributed by atoms with Crippen LogP contribution < -0.4 is 0 Å². The lowest BCUT2D eigenvalue weighted by molar-refractivity contribution is -0.137. The molecular formula is C23H21F3N6O. The molecule has 33 heavy (non-hydrogen) atoms. The van der Waals surface area contributed by atoms with Gasteiger partial charge in [0.15, 0.2) is 11.6 Å². The fraction of sp³-hybridized carbons (Fsp3) is 0.304. The number of aryl methyl sites for hydroxylation is 1. The second kappa shape index (κ2) is 9.05. The number of hydrogen-bond donors (Lipinski definition) is 0. The van der Waals surface area contributed by atoms with Crippen molar-refractivity contribution in [3.63, 3.8) is 0 Å². The molecule has 0 spiro atoms. The Bertz CT molecular complexity index is 1180. The Kier molecular flexibility index (Phi) is 6.17. The van der Waals surface area contributed by atoms with Crippen molar-refractivity contribution >= 4 is 17.4 Å². The molecule has 0 bridgehead atoms. The highest BCUT2D eigenvalue weighted by molar-refractivity contribution is 6.02. The maximum Gasteiger partial charge on any atom is 0.417 e. The highest BCUT2D eigenvalue weighted by Gasteiger charge is 2.32. The van der Waals surface area contributed by atoms with Crippen molar-refractivity contribution in [1.82, 2.24) is 24.8 Å². The van der Waals surface area contributed by atoms with E-state index in [0.717, 1.165) is 12.3 Å². The zero-order chi connectivity index (χ0) is 23.6. The Labute approximate surface area is 188 Å². The fourth-order valence-corrected chi connectivity index (χ4v) is 3.68. The van der Waals surface area contributed by atoms with Crippen LogP contribution in [0.5, 0.6) is 0 Å². The number of aliphatic imine (C=N–C) groups is 1. The molecule has 1 aliphatic rings. The first-order valence-corrected chi connectivity index (χ1v) is 10.4. The van der Waals surface area contributed by atoms with Crippen LogP contribution in [0.1, 0.15) is 41.5 Å². The average molecular weight is 454 g/mol. The number of alkyl halides is 3.